The van der Waals surface area contributed by atoms with Crippen LogP contribution < -0.4 is 10.2 Å². The highest BCUT2D eigenvalue weighted by atomic mass is 19.4. The van der Waals surface area contributed by atoms with Gasteiger partial charge in [-0.1, -0.05) is 24.3 Å². The van der Waals surface area contributed by atoms with E-state index >= 15 is 0 Å². The lowest BCUT2D eigenvalue weighted by atomic mass is 10.1. The van der Waals surface area contributed by atoms with Crippen LogP contribution in [0.1, 0.15) is 23.1 Å². The standard InChI is InChI=1S/C20H19F3N2O2/c1-13-4-2-7-17(8-13)25-12-15(10-18(25)26)19(27)24-11-14-5-3-6-16(9-14)20(21,22)23/h2-9,15H,10-12H2,1H3,(H,24,27)/t15-/m0/s1. The molecule has 0 unspecified atom stereocenters. The predicted octanol–water partition coefficient (Wildman–Crippen LogP) is 3.68. The Morgan fingerprint density at radius 3 is 2.63 bits per heavy atom. The predicted molar refractivity (Wildman–Crippen MR) is 94.9 cm³/mol. The molecule has 1 aliphatic rings. The summed E-state index contributed by atoms with van der Waals surface area (Å²) in [5, 5.41) is 2.64. The van der Waals surface area contributed by atoms with E-state index in [2.05, 4.69) is 5.32 Å². The summed E-state index contributed by atoms with van der Waals surface area (Å²) in [5.74, 6) is -1.00. The van der Waals surface area contributed by atoms with Crippen molar-refractivity contribution in [3.05, 3.63) is 65.2 Å². The minimum atomic E-state index is -4.42. The van der Waals surface area contributed by atoms with E-state index in [9.17, 15) is 22.8 Å². The van der Waals surface area contributed by atoms with Crippen molar-refractivity contribution in [3.63, 3.8) is 0 Å². The number of hydrogen-bond acceptors (Lipinski definition) is 2. The molecule has 1 atom stereocenters. The molecule has 2 amide bonds. The van der Waals surface area contributed by atoms with Gasteiger partial charge in [0.2, 0.25) is 11.8 Å². The van der Waals surface area contributed by atoms with Crippen molar-refractivity contribution in [2.75, 3.05) is 11.4 Å². The van der Waals surface area contributed by atoms with Crippen LogP contribution in [0.5, 0.6) is 0 Å². The van der Waals surface area contributed by atoms with Gasteiger partial charge in [-0.25, -0.2) is 0 Å². The first kappa shape index (κ1) is 18.9. The molecule has 0 radical (unpaired) electrons. The first-order valence-electron chi connectivity index (χ1n) is 8.55. The smallest absolute Gasteiger partial charge is 0.352 e. The highest BCUT2D eigenvalue weighted by Gasteiger charge is 2.35. The summed E-state index contributed by atoms with van der Waals surface area (Å²) in [6.45, 7) is 2.16. The van der Waals surface area contributed by atoms with E-state index in [1.54, 1.807) is 4.90 Å². The molecule has 2 aromatic carbocycles. The second kappa shape index (κ2) is 7.42. The Kier molecular flexibility index (Phi) is 5.21. The normalized spacial score (nSPS) is 17.3. The van der Waals surface area contributed by atoms with Crippen molar-refractivity contribution < 1.29 is 22.8 Å². The van der Waals surface area contributed by atoms with E-state index in [0.29, 0.717) is 5.56 Å². The molecular formula is C20H19F3N2O2. The minimum Gasteiger partial charge on any atom is -0.352 e. The van der Waals surface area contributed by atoms with Crippen molar-refractivity contribution in [2.24, 2.45) is 5.92 Å². The number of carbonyl (C=O) groups excluding carboxylic acids is 2. The fourth-order valence-electron chi connectivity index (χ4n) is 3.12. The Morgan fingerprint density at radius 1 is 1.19 bits per heavy atom. The lowest BCUT2D eigenvalue weighted by Gasteiger charge is -2.17. The number of carbonyl (C=O) groups is 2. The maximum absolute atomic E-state index is 12.8. The molecule has 0 aromatic heterocycles. The van der Waals surface area contributed by atoms with Gasteiger partial charge in [0, 0.05) is 25.2 Å². The van der Waals surface area contributed by atoms with Gasteiger partial charge in [-0.15, -0.1) is 0 Å². The second-order valence-corrected chi connectivity index (χ2v) is 6.66. The van der Waals surface area contributed by atoms with Gasteiger partial charge in [-0.2, -0.15) is 13.2 Å². The fourth-order valence-corrected chi connectivity index (χ4v) is 3.12. The zero-order chi connectivity index (χ0) is 19.6. The van der Waals surface area contributed by atoms with Crippen LogP contribution in [0.3, 0.4) is 0 Å². The molecule has 1 N–H and O–H groups in total. The van der Waals surface area contributed by atoms with E-state index in [4.69, 9.17) is 0 Å². The van der Waals surface area contributed by atoms with Gasteiger partial charge < -0.3 is 10.2 Å². The van der Waals surface area contributed by atoms with Gasteiger partial charge in [0.1, 0.15) is 0 Å². The summed E-state index contributed by atoms with van der Waals surface area (Å²) in [4.78, 5) is 26.2. The topological polar surface area (TPSA) is 49.4 Å². The average molecular weight is 376 g/mol. The zero-order valence-electron chi connectivity index (χ0n) is 14.7. The molecule has 27 heavy (non-hydrogen) atoms. The van der Waals surface area contributed by atoms with Crippen LogP contribution >= 0.6 is 0 Å². The fraction of sp³-hybridized carbons (Fsp3) is 0.300. The average Bonchev–Trinajstić information content (AvgIpc) is 3.01. The first-order chi connectivity index (χ1) is 12.7. The molecule has 1 saturated heterocycles. The van der Waals surface area contributed by atoms with Gasteiger partial charge in [-0.05, 0) is 42.3 Å². The zero-order valence-corrected chi connectivity index (χ0v) is 14.7. The van der Waals surface area contributed by atoms with E-state index in [-0.39, 0.29) is 31.3 Å². The highest BCUT2D eigenvalue weighted by Crippen LogP contribution is 2.30. The molecule has 0 saturated carbocycles. The SMILES string of the molecule is Cc1cccc(N2C[C@@H](C(=O)NCc3cccc(C(F)(F)F)c3)CC2=O)c1. The summed E-state index contributed by atoms with van der Waals surface area (Å²) >= 11 is 0. The number of amides is 2. The Labute approximate surface area is 155 Å². The molecule has 1 heterocycles. The third-order valence-electron chi connectivity index (χ3n) is 4.53. The number of nitrogens with one attached hydrogen (secondary N) is 1. The van der Waals surface area contributed by atoms with Crippen molar-refractivity contribution in [3.8, 4) is 0 Å². The lowest BCUT2D eigenvalue weighted by molar-refractivity contribution is -0.137. The molecule has 142 valence electrons. The monoisotopic (exact) mass is 376 g/mol. The first-order valence-corrected chi connectivity index (χ1v) is 8.55. The quantitative estimate of drug-likeness (QED) is 0.885. The number of nitrogens with zero attached hydrogens (tertiary/aromatic N) is 1. The Bertz CT molecular complexity index is 864. The van der Waals surface area contributed by atoms with Gasteiger partial charge in [0.05, 0.1) is 11.5 Å². The van der Waals surface area contributed by atoms with Gasteiger partial charge in [0.15, 0.2) is 0 Å². The Balaban J connectivity index is 1.62. The van der Waals surface area contributed by atoms with Gasteiger partial charge in [0.25, 0.3) is 0 Å². The van der Waals surface area contributed by atoms with Crippen LogP contribution in [0.25, 0.3) is 0 Å². The van der Waals surface area contributed by atoms with Crippen LogP contribution in [-0.4, -0.2) is 18.4 Å². The Morgan fingerprint density at radius 2 is 1.93 bits per heavy atom. The number of anilines is 1. The van der Waals surface area contributed by atoms with Crippen molar-refractivity contribution in [1.29, 1.82) is 0 Å². The molecule has 0 spiro atoms. The number of aryl methyl sites for hydroxylation is 1. The molecule has 0 aliphatic carbocycles. The number of benzene rings is 2. The maximum atomic E-state index is 12.8. The van der Waals surface area contributed by atoms with Gasteiger partial charge >= 0.3 is 6.18 Å². The molecule has 2 aromatic rings. The number of rotatable bonds is 4. The number of alkyl halides is 3. The van der Waals surface area contributed by atoms with E-state index < -0.39 is 17.7 Å². The molecule has 1 aliphatic heterocycles. The number of halogens is 3. The van der Waals surface area contributed by atoms with E-state index in [0.717, 1.165) is 23.4 Å². The highest BCUT2D eigenvalue weighted by molar-refractivity contribution is 6.00. The summed E-state index contributed by atoms with van der Waals surface area (Å²) in [6.07, 6.45) is -4.34. The third-order valence-corrected chi connectivity index (χ3v) is 4.53. The summed E-state index contributed by atoms with van der Waals surface area (Å²) in [7, 11) is 0. The summed E-state index contributed by atoms with van der Waals surface area (Å²) in [5.41, 5.74) is 1.36. The molecule has 3 rings (SSSR count). The van der Waals surface area contributed by atoms with Crippen LogP contribution in [-0.2, 0) is 22.3 Å². The summed E-state index contributed by atoms with van der Waals surface area (Å²) in [6, 6.07) is 12.3. The maximum Gasteiger partial charge on any atom is 0.416 e. The lowest BCUT2D eigenvalue weighted by Crippen LogP contribution is -2.32. The van der Waals surface area contributed by atoms with Crippen molar-refractivity contribution in [2.45, 2.75) is 26.1 Å². The van der Waals surface area contributed by atoms with Crippen LogP contribution in [0.15, 0.2) is 48.5 Å². The van der Waals surface area contributed by atoms with Crippen molar-refractivity contribution >= 4 is 17.5 Å². The largest absolute Gasteiger partial charge is 0.416 e. The molecule has 1 fully saturated rings. The van der Waals surface area contributed by atoms with Gasteiger partial charge in [-0.3, -0.25) is 9.59 Å². The van der Waals surface area contributed by atoms with Crippen LogP contribution in [0.4, 0.5) is 18.9 Å². The second-order valence-electron chi connectivity index (χ2n) is 6.66. The molecular weight excluding hydrogens is 357 g/mol. The Hall–Kier alpha value is -2.83. The molecule has 0 bridgehead atoms. The molecule has 4 nitrogen and oxygen atoms in total. The minimum absolute atomic E-state index is 0.0160. The molecule has 7 heteroatoms. The van der Waals surface area contributed by atoms with Crippen molar-refractivity contribution in [1.82, 2.24) is 5.32 Å². The van der Waals surface area contributed by atoms with E-state index in [1.807, 2.05) is 31.2 Å². The van der Waals surface area contributed by atoms with E-state index in [1.165, 1.54) is 12.1 Å². The third kappa shape index (κ3) is 4.48. The number of hydrogen-bond donors (Lipinski definition) is 1. The summed E-state index contributed by atoms with van der Waals surface area (Å²) < 4.78 is 38.3. The van der Waals surface area contributed by atoms with Crippen LogP contribution in [0.2, 0.25) is 0 Å². The van der Waals surface area contributed by atoms with Crippen LogP contribution in [0, 0.1) is 12.8 Å².